The van der Waals surface area contributed by atoms with Crippen LogP contribution in [0.2, 0.25) is 0 Å². The van der Waals surface area contributed by atoms with E-state index >= 15 is 0 Å². The van der Waals surface area contributed by atoms with Gasteiger partial charge in [0.1, 0.15) is 0 Å². The number of aromatic nitrogens is 2. The van der Waals surface area contributed by atoms with Crippen LogP contribution in [0.25, 0.3) is 11.4 Å². The molecule has 1 aliphatic carbocycles. The van der Waals surface area contributed by atoms with Gasteiger partial charge in [-0.2, -0.15) is 4.98 Å². The van der Waals surface area contributed by atoms with Crippen molar-refractivity contribution < 1.29 is 14.6 Å². The number of nitro groups is 1. The second-order valence-electron chi connectivity index (χ2n) is 5.27. The van der Waals surface area contributed by atoms with Crippen molar-refractivity contribution in [2.24, 2.45) is 0 Å². The van der Waals surface area contributed by atoms with E-state index in [4.69, 9.17) is 4.52 Å². The Kier molecular flexibility index (Phi) is 3.66. The third kappa shape index (κ3) is 2.92. The average Bonchev–Trinajstić information content (AvgIpc) is 2.98. The van der Waals surface area contributed by atoms with Crippen LogP contribution in [-0.2, 0) is 0 Å². The molecule has 2 aromatic rings. The van der Waals surface area contributed by atoms with Gasteiger partial charge >= 0.3 is 0 Å². The van der Waals surface area contributed by atoms with Crippen LogP contribution in [0, 0.1) is 10.1 Å². The molecule has 7 heteroatoms. The van der Waals surface area contributed by atoms with Gasteiger partial charge in [0.25, 0.3) is 5.69 Å². The maximum absolute atomic E-state index is 10.8. The predicted molar refractivity (Wildman–Crippen MR) is 73.6 cm³/mol. The number of non-ortho nitro benzene ring substituents is 1. The van der Waals surface area contributed by atoms with E-state index < -0.39 is 4.92 Å². The minimum Gasteiger partial charge on any atom is -0.393 e. The maximum atomic E-state index is 10.8. The topological polar surface area (TPSA) is 102 Å². The summed E-state index contributed by atoms with van der Waals surface area (Å²) in [5.41, 5.74) is 0.565. The molecular formula is C14H15N3O4. The van der Waals surface area contributed by atoms with Crippen LogP contribution < -0.4 is 0 Å². The van der Waals surface area contributed by atoms with Crippen molar-refractivity contribution >= 4 is 5.69 Å². The normalized spacial score (nSPS) is 22.1. The molecule has 21 heavy (non-hydrogen) atoms. The number of aliphatic hydroxyl groups is 1. The number of nitrogens with zero attached hydrogens (tertiary/aromatic N) is 3. The van der Waals surface area contributed by atoms with Crippen molar-refractivity contribution in [1.29, 1.82) is 0 Å². The minimum absolute atomic E-state index is 0.000335. The molecule has 0 amide bonds. The van der Waals surface area contributed by atoms with Crippen LogP contribution in [0.15, 0.2) is 28.8 Å². The summed E-state index contributed by atoms with van der Waals surface area (Å²) in [5.74, 6) is 1.07. The molecule has 3 rings (SSSR count). The van der Waals surface area contributed by atoms with Crippen molar-refractivity contribution in [2.45, 2.75) is 37.7 Å². The van der Waals surface area contributed by atoms with Crippen molar-refractivity contribution in [3.8, 4) is 11.4 Å². The first-order valence-electron chi connectivity index (χ1n) is 6.90. The lowest BCUT2D eigenvalue weighted by Gasteiger charge is -2.22. The van der Waals surface area contributed by atoms with Crippen LogP contribution in [0.3, 0.4) is 0 Å². The Hall–Kier alpha value is -2.28. The summed E-state index contributed by atoms with van der Waals surface area (Å²) < 4.78 is 5.28. The summed E-state index contributed by atoms with van der Waals surface area (Å²) in [6.07, 6.45) is 2.87. The van der Waals surface area contributed by atoms with Crippen molar-refractivity contribution in [3.05, 3.63) is 40.3 Å². The van der Waals surface area contributed by atoms with E-state index in [1.807, 2.05) is 0 Å². The number of benzene rings is 1. The molecule has 0 bridgehead atoms. The fourth-order valence-electron chi connectivity index (χ4n) is 2.60. The lowest BCUT2D eigenvalue weighted by Crippen LogP contribution is -2.17. The van der Waals surface area contributed by atoms with Crippen LogP contribution in [0.1, 0.15) is 37.5 Å². The quantitative estimate of drug-likeness (QED) is 0.688. The van der Waals surface area contributed by atoms with E-state index in [1.54, 1.807) is 12.1 Å². The van der Waals surface area contributed by atoms with Gasteiger partial charge in [0, 0.05) is 23.6 Å². The lowest BCUT2D eigenvalue weighted by molar-refractivity contribution is -0.384. The number of rotatable bonds is 3. The van der Waals surface area contributed by atoms with Crippen LogP contribution in [0.5, 0.6) is 0 Å². The molecule has 1 fully saturated rings. The monoisotopic (exact) mass is 289 g/mol. The third-order valence-electron chi connectivity index (χ3n) is 3.80. The summed E-state index contributed by atoms with van der Waals surface area (Å²) in [6.45, 7) is 0. The van der Waals surface area contributed by atoms with E-state index in [9.17, 15) is 15.2 Å². The van der Waals surface area contributed by atoms with Crippen molar-refractivity contribution in [3.63, 3.8) is 0 Å². The molecule has 0 spiro atoms. The van der Waals surface area contributed by atoms with Gasteiger partial charge in [0.2, 0.25) is 11.7 Å². The number of nitro benzene ring substituents is 1. The highest BCUT2D eigenvalue weighted by Gasteiger charge is 2.25. The largest absolute Gasteiger partial charge is 0.393 e. The Morgan fingerprint density at radius 2 is 2.05 bits per heavy atom. The van der Waals surface area contributed by atoms with E-state index in [0.717, 1.165) is 25.7 Å². The van der Waals surface area contributed by atoms with Gasteiger partial charge in [-0.05, 0) is 25.7 Å². The first-order chi connectivity index (χ1) is 10.1. The van der Waals surface area contributed by atoms with Gasteiger partial charge in [0.15, 0.2) is 0 Å². The Balaban J connectivity index is 1.81. The summed E-state index contributed by atoms with van der Waals surface area (Å²) in [6, 6.07) is 6.17. The number of aliphatic hydroxyl groups excluding tert-OH is 1. The highest BCUT2D eigenvalue weighted by atomic mass is 16.6. The molecule has 1 aromatic heterocycles. The third-order valence-corrected chi connectivity index (χ3v) is 3.80. The maximum Gasteiger partial charge on any atom is 0.270 e. The molecule has 1 heterocycles. The van der Waals surface area contributed by atoms with Gasteiger partial charge in [0.05, 0.1) is 11.0 Å². The summed E-state index contributed by atoms with van der Waals surface area (Å²) in [5, 5.41) is 24.2. The van der Waals surface area contributed by atoms with Crippen LogP contribution >= 0.6 is 0 Å². The minimum atomic E-state index is -0.451. The zero-order valence-electron chi connectivity index (χ0n) is 11.3. The number of hydrogen-bond acceptors (Lipinski definition) is 6. The Morgan fingerprint density at radius 1 is 1.29 bits per heavy atom. The number of hydrogen-bond donors (Lipinski definition) is 1. The Morgan fingerprint density at radius 3 is 2.76 bits per heavy atom. The summed E-state index contributed by atoms with van der Waals surface area (Å²) in [7, 11) is 0. The highest BCUT2D eigenvalue weighted by molar-refractivity contribution is 5.58. The molecule has 110 valence electrons. The fraction of sp³-hybridized carbons (Fsp3) is 0.429. The predicted octanol–water partition coefficient (Wildman–Crippen LogP) is 2.66. The van der Waals surface area contributed by atoms with Crippen LogP contribution in [0.4, 0.5) is 5.69 Å². The molecule has 7 nitrogen and oxygen atoms in total. The Labute approximate surface area is 120 Å². The molecule has 0 radical (unpaired) electrons. The first-order valence-corrected chi connectivity index (χ1v) is 6.90. The standard InChI is InChI=1S/C14H15N3O4/c18-12-6-4-9(5-7-12)14-15-13(16-21-14)10-2-1-3-11(8-10)17(19)20/h1-3,8-9,12,18H,4-7H2. The average molecular weight is 289 g/mol. The molecule has 1 saturated carbocycles. The molecule has 0 aliphatic heterocycles. The molecule has 0 atom stereocenters. The lowest BCUT2D eigenvalue weighted by atomic mass is 9.87. The van der Waals surface area contributed by atoms with Crippen molar-refractivity contribution in [2.75, 3.05) is 0 Å². The first kappa shape index (κ1) is 13.7. The van der Waals surface area contributed by atoms with E-state index in [2.05, 4.69) is 10.1 Å². The summed E-state index contributed by atoms with van der Waals surface area (Å²) >= 11 is 0. The molecule has 1 aliphatic rings. The van der Waals surface area contributed by atoms with Gasteiger partial charge in [-0.25, -0.2) is 0 Å². The molecule has 0 saturated heterocycles. The van der Waals surface area contributed by atoms with E-state index in [1.165, 1.54) is 12.1 Å². The van der Waals surface area contributed by atoms with E-state index in [-0.39, 0.29) is 17.7 Å². The zero-order valence-corrected chi connectivity index (χ0v) is 11.3. The fourth-order valence-corrected chi connectivity index (χ4v) is 2.60. The Bertz CT molecular complexity index is 647. The van der Waals surface area contributed by atoms with Gasteiger partial charge in [-0.3, -0.25) is 10.1 Å². The molecular weight excluding hydrogens is 274 g/mol. The molecule has 0 unspecified atom stereocenters. The SMILES string of the molecule is O=[N+]([O-])c1cccc(-c2noc(C3CCC(O)CC3)n2)c1. The van der Waals surface area contributed by atoms with Gasteiger partial charge in [-0.1, -0.05) is 17.3 Å². The zero-order chi connectivity index (χ0) is 14.8. The molecule has 1 aromatic carbocycles. The van der Waals surface area contributed by atoms with Crippen molar-refractivity contribution in [1.82, 2.24) is 10.1 Å². The smallest absolute Gasteiger partial charge is 0.270 e. The van der Waals surface area contributed by atoms with E-state index in [0.29, 0.717) is 17.3 Å². The van der Waals surface area contributed by atoms with Crippen LogP contribution in [-0.4, -0.2) is 26.3 Å². The second kappa shape index (κ2) is 5.61. The molecule has 1 N–H and O–H groups in total. The van der Waals surface area contributed by atoms with Gasteiger partial charge in [-0.15, -0.1) is 0 Å². The highest BCUT2D eigenvalue weighted by Crippen LogP contribution is 2.33. The second-order valence-corrected chi connectivity index (χ2v) is 5.27. The van der Waals surface area contributed by atoms with Gasteiger partial charge < -0.3 is 9.63 Å². The summed E-state index contributed by atoms with van der Waals surface area (Å²) in [4.78, 5) is 14.7.